The monoisotopic (exact) mass is 431 g/mol. The van der Waals surface area contributed by atoms with Crippen LogP contribution in [0.2, 0.25) is 5.02 Å². The van der Waals surface area contributed by atoms with Crippen molar-refractivity contribution in [3.05, 3.63) is 51.1 Å². The molecule has 146 valence electrons. The van der Waals surface area contributed by atoms with Crippen LogP contribution in [0.25, 0.3) is 0 Å². The normalized spacial score (nSPS) is 15.9. The summed E-state index contributed by atoms with van der Waals surface area (Å²) >= 11 is 7.11. The van der Waals surface area contributed by atoms with E-state index in [0.29, 0.717) is 22.5 Å². The van der Waals surface area contributed by atoms with E-state index < -0.39 is 11.7 Å². The third-order valence-electron chi connectivity index (χ3n) is 4.21. The van der Waals surface area contributed by atoms with Gasteiger partial charge in [-0.3, -0.25) is 9.59 Å². The second kappa shape index (κ2) is 9.50. The fourth-order valence-corrected chi connectivity index (χ4v) is 4.09. The molecule has 0 spiro atoms. The number of aryl methyl sites for hydroxylation is 1. The predicted molar refractivity (Wildman–Crippen MR) is 109 cm³/mol. The molecule has 1 atom stereocenters. The lowest BCUT2D eigenvalue weighted by Crippen LogP contribution is -2.37. The van der Waals surface area contributed by atoms with E-state index in [1.54, 1.807) is 6.07 Å². The van der Waals surface area contributed by atoms with Gasteiger partial charge in [-0.25, -0.2) is 4.39 Å². The maximum atomic E-state index is 13.1. The van der Waals surface area contributed by atoms with Crippen molar-refractivity contribution in [3.63, 3.8) is 0 Å². The molecule has 1 aromatic heterocycles. The first-order valence-electron chi connectivity index (χ1n) is 8.32. The maximum Gasteiger partial charge on any atom is 0.261 e. The molecule has 9 heteroatoms. The Morgan fingerprint density at radius 3 is 2.78 bits per heavy atom. The van der Waals surface area contributed by atoms with Crippen LogP contribution >= 0.6 is 35.3 Å². The van der Waals surface area contributed by atoms with E-state index in [2.05, 4.69) is 16.0 Å². The van der Waals surface area contributed by atoms with E-state index in [9.17, 15) is 14.0 Å². The SMILES string of the molecule is Cc1cc(NC(=O)c2ccc(F)cc2Cl)sc1C(=O)NCC1CCCN1.Cl. The van der Waals surface area contributed by atoms with Gasteiger partial charge in [0.15, 0.2) is 0 Å². The molecule has 1 saturated heterocycles. The van der Waals surface area contributed by atoms with Crippen molar-refractivity contribution >= 4 is 52.2 Å². The highest BCUT2D eigenvalue weighted by Gasteiger charge is 2.19. The number of thiophene rings is 1. The van der Waals surface area contributed by atoms with Gasteiger partial charge in [-0.1, -0.05) is 11.6 Å². The molecule has 0 aliphatic carbocycles. The third kappa shape index (κ3) is 5.42. The van der Waals surface area contributed by atoms with Crippen LogP contribution in [-0.2, 0) is 0 Å². The van der Waals surface area contributed by atoms with Crippen molar-refractivity contribution < 1.29 is 14.0 Å². The van der Waals surface area contributed by atoms with Gasteiger partial charge < -0.3 is 16.0 Å². The highest BCUT2D eigenvalue weighted by molar-refractivity contribution is 7.18. The number of carbonyl (C=O) groups excluding carboxylic acids is 2. The largest absolute Gasteiger partial charge is 0.350 e. The highest BCUT2D eigenvalue weighted by atomic mass is 35.5. The summed E-state index contributed by atoms with van der Waals surface area (Å²) in [5, 5.41) is 9.55. The molecule has 5 nitrogen and oxygen atoms in total. The molecule has 0 saturated carbocycles. The van der Waals surface area contributed by atoms with Crippen LogP contribution in [0.15, 0.2) is 24.3 Å². The minimum atomic E-state index is -0.505. The summed E-state index contributed by atoms with van der Waals surface area (Å²) in [6, 6.07) is 5.65. The lowest BCUT2D eigenvalue weighted by molar-refractivity contribution is 0.0953. The minimum Gasteiger partial charge on any atom is -0.350 e. The quantitative estimate of drug-likeness (QED) is 0.669. The number of halogens is 3. The van der Waals surface area contributed by atoms with Gasteiger partial charge in [0.2, 0.25) is 0 Å². The maximum absolute atomic E-state index is 13.1. The first-order valence-corrected chi connectivity index (χ1v) is 9.52. The Morgan fingerprint density at radius 1 is 1.33 bits per heavy atom. The van der Waals surface area contributed by atoms with Gasteiger partial charge in [-0.15, -0.1) is 23.7 Å². The van der Waals surface area contributed by atoms with Gasteiger partial charge in [-0.05, 0) is 56.1 Å². The van der Waals surface area contributed by atoms with Crippen LogP contribution in [0, 0.1) is 12.7 Å². The zero-order valence-corrected chi connectivity index (χ0v) is 17.0. The van der Waals surface area contributed by atoms with Gasteiger partial charge in [0.1, 0.15) is 5.82 Å². The van der Waals surface area contributed by atoms with E-state index >= 15 is 0 Å². The van der Waals surface area contributed by atoms with Gasteiger partial charge in [0.25, 0.3) is 11.8 Å². The molecule has 1 aliphatic heterocycles. The van der Waals surface area contributed by atoms with Gasteiger partial charge in [-0.2, -0.15) is 0 Å². The Morgan fingerprint density at radius 2 is 2.11 bits per heavy atom. The average molecular weight is 432 g/mol. The second-order valence-electron chi connectivity index (χ2n) is 6.20. The molecule has 3 N–H and O–H groups in total. The summed E-state index contributed by atoms with van der Waals surface area (Å²) in [6.07, 6.45) is 2.18. The molecule has 2 heterocycles. The molecule has 2 aromatic rings. The Kier molecular flexibility index (Phi) is 7.61. The molecule has 1 fully saturated rings. The Labute approximate surface area is 172 Å². The smallest absolute Gasteiger partial charge is 0.261 e. The van der Waals surface area contributed by atoms with Crippen LogP contribution in [0.5, 0.6) is 0 Å². The van der Waals surface area contributed by atoms with Gasteiger partial charge in [0, 0.05) is 12.6 Å². The fourth-order valence-electron chi connectivity index (χ4n) is 2.85. The third-order valence-corrected chi connectivity index (χ3v) is 5.67. The highest BCUT2D eigenvalue weighted by Crippen LogP contribution is 2.28. The van der Waals surface area contributed by atoms with Gasteiger partial charge >= 0.3 is 0 Å². The molecule has 1 unspecified atom stereocenters. The first-order chi connectivity index (χ1) is 12.4. The number of rotatable bonds is 5. The second-order valence-corrected chi connectivity index (χ2v) is 7.66. The van der Waals surface area contributed by atoms with Crippen molar-refractivity contribution in [2.45, 2.75) is 25.8 Å². The van der Waals surface area contributed by atoms with Crippen molar-refractivity contribution in [1.29, 1.82) is 0 Å². The van der Waals surface area contributed by atoms with Crippen molar-refractivity contribution in [2.75, 3.05) is 18.4 Å². The molecule has 0 bridgehead atoms. The lowest BCUT2D eigenvalue weighted by Gasteiger charge is -2.11. The summed E-state index contributed by atoms with van der Waals surface area (Å²) in [7, 11) is 0. The standard InChI is InChI=1S/C18H19ClFN3O2S.ClH/c1-10-7-15(23-17(24)13-5-4-11(20)8-14(13)19)26-16(10)18(25)22-9-12-3-2-6-21-12;/h4-5,7-8,12,21H,2-3,6,9H2,1H3,(H,22,25)(H,23,24);1H. The van der Waals surface area contributed by atoms with E-state index in [1.807, 2.05) is 6.92 Å². The number of nitrogens with one attached hydrogen (secondary N) is 3. The van der Waals surface area contributed by atoms with Crippen LogP contribution in [0.3, 0.4) is 0 Å². The summed E-state index contributed by atoms with van der Waals surface area (Å²) < 4.78 is 13.1. The first kappa shape index (κ1) is 21.6. The Bertz CT molecular complexity index is 838. The number of carbonyl (C=O) groups is 2. The van der Waals surface area contributed by atoms with E-state index in [4.69, 9.17) is 11.6 Å². The van der Waals surface area contributed by atoms with E-state index in [1.165, 1.54) is 23.5 Å². The van der Waals surface area contributed by atoms with Crippen LogP contribution in [-0.4, -0.2) is 30.9 Å². The van der Waals surface area contributed by atoms with Crippen molar-refractivity contribution in [2.24, 2.45) is 0 Å². The van der Waals surface area contributed by atoms with Gasteiger partial charge in [0.05, 0.1) is 20.5 Å². The molecule has 2 amide bonds. The van der Waals surface area contributed by atoms with Crippen LogP contribution in [0.4, 0.5) is 9.39 Å². The molecular weight excluding hydrogens is 412 g/mol. The lowest BCUT2D eigenvalue weighted by atomic mass is 10.2. The van der Waals surface area contributed by atoms with Crippen molar-refractivity contribution in [1.82, 2.24) is 10.6 Å². The average Bonchev–Trinajstić information content (AvgIpc) is 3.22. The zero-order valence-electron chi connectivity index (χ0n) is 14.6. The number of anilines is 1. The topological polar surface area (TPSA) is 70.2 Å². The van der Waals surface area contributed by atoms with Crippen molar-refractivity contribution in [3.8, 4) is 0 Å². The zero-order chi connectivity index (χ0) is 18.7. The molecular formula is C18H20Cl2FN3O2S. The molecule has 1 aliphatic rings. The summed E-state index contributed by atoms with van der Waals surface area (Å²) in [4.78, 5) is 25.3. The molecule has 3 rings (SSSR count). The summed E-state index contributed by atoms with van der Waals surface area (Å²) in [5.41, 5.74) is 0.963. The molecule has 1 aromatic carbocycles. The number of amides is 2. The minimum absolute atomic E-state index is 0. The number of hydrogen-bond donors (Lipinski definition) is 3. The number of hydrogen-bond acceptors (Lipinski definition) is 4. The van der Waals surface area contributed by atoms with Crippen LogP contribution < -0.4 is 16.0 Å². The van der Waals surface area contributed by atoms with E-state index in [-0.39, 0.29) is 28.9 Å². The Balaban J connectivity index is 0.00000261. The van der Waals surface area contributed by atoms with Crippen LogP contribution in [0.1, 0.15) is 38.4 Å². The predicted octanol–water partition coefficient (Wildman–Crippen LogP) is 4.00. The number of benzene rings is 1. The molecule has 0 radical (unpaired) electrons. The summed E-state index contributed by atoms with van der Waals surface area (Å²) in [5.74, 6) is -1.10. The summed E-state index contributed by atoms with van der Waals surface area (Å²) in [6.45, 7) is 3.39. The molecule has 27 heavy (non-hydrogen) atoms. The van der Waals surface area contributed by atoms with E-state index in [0.717, 1.165) is 31.0 Å². The Hall–Kier alpha value is -1.67. The fraction of sp³-hybridized carbons (Fsp3) is 0.333.